The Kier molecular flexibility index (Phi) is 7.56. The summed E-state index contributed by atoms with van der Waals surface area (Å²) in [6.07, 6.45) is 7.59. The van der Waals surface area contributed by atoms with Gasteiger partial charge in [-0.3, -0.25) is 14.9 Å². The Hall–Kier alpha value is -1.57. The van der Waals surface area contributed by atoms with Crippen LogP contribution in [0.3, 0.4) is 0 Å². The Balaban J connectivity index is 1.21. The smallest absolute Gasteiger partial charge is 0.241 e. The molecule has 2 N–H and O–H groups in total. The molecule has 1 aromatic rings. The number of amides is 1. The number of ether oxygens (including phenoxy) is 1. The lowest BCUT2D eigenvalue weighted by atomic mass is 9.96. The number of aliphatic hydroxyl groups excluding tert-OH is 1. The second kappa shape index (κ2) is 10.4. The van der Waals surface area contributed by atoms with Crippen molar-refractivity contribution in [2.24, 2.45) is 5.92 Å². The third kappa shape index (κ3) is 5.10. The Morgan fingerprint density at radius 2 is 2.10 bits per heavy atom. The first kappa shape index (κ1) is 22.6. The van der Waals surface area contributed by atoms with Crippen LogP contribution in [0.15, 0.2) is 18.2 Å². The number of benzene rings is 1. The van der Waals surface area contributed by atoms with Crippen LogP contribution in [-0.4, -0.2) is 65.2 Å². The second-order valence-corrected chi connectivity index (χ2v) is 10.2. The van der Waals surface area contributed by atoms with Crippen molar-refractivity contribution in [1.82, 2.24) is 10.2 Å². The lowest BCUT2D eigenvalue weighted by Gasteiger charge is -2.28. The summed E-state index contributed by atoms with van der Waals surface area (Å²) in [7, 11) is 1.71. The summed E-state index contributed by atoms with van der Waals surface area (Å²) in [6.45, 7) is 0.686. The lowest BCUT2D eigenvalue weighted by Crippen LogP contribution is -2.51. The van der Waals surface area contributed by atoms with Gasteiger partial charge in [0.05, 0.1) is 25.0 Å². The predicted octanol–water partition coefficient (Wildman–Crippen LogP) is 2.55. The second-order valence-electron chi connectivity index (χ2n) is 9.04. The van der Waals surface area contributed by atoms with E-state index in [-0.39, 0.29) is 29.6 Å². The van der Waals surface area contributed by atoms with Crippen molar-refractivity contribution in [2.45, 2.75) is 68.7 Å². The number of nitrogens with zero attached hydrogens (tertiary/aromatic N) is 1. The molecule has 1 aliphatic carbocycles. The molecule has 6 nitrogen and oxygen atoms in total. The van der Waals surface area contributed by atoms with Crippen LogP contribution in [0.4, 0.5) is 0 Å². The van der Waals surface area contributed by atoms with Crippen LogP contribution in [0.5, 0.6) is 5.75 Å². The number of ketones is 1. The number of likely N-dealkylation sites (tertiary alicyclic amines) is 1. The van der Waals surface area contributed by atoms with Crippen molar-refractivity contribution in [3.05, 3.63) is 29.3 Å². The number of aliphatic hydroxyl groups is 1. The highest BCUT2D eigenvalue weighted by molar-refractivity contribution is 8.00. The van der Waals surface area contributed by atoms with Crippen molar-refractivity contribution in [2.75, 3.05) is 26.1 Å². The molecule has 2 unspecified atom stereocenters. The van der Waals surface area contributed by atoms with Gasteiger partial charge < -0.3 is 14.7 Å². The molecular formula is C24H34N2O4S. The molecule has 2 fully saturated rings. The molecule has 2 heterocycles. The number of fused-ring (bicyclic) bond motifs is 1. The fourth-order valence-corrected chi connectivity index (χ4v) is 6.48. The normalized spacial score (nSPS) is 27.5. The Morgan fingerprint density at radius 3 is 2.90 bits per heavy atom. The first-order chi connectivity index (χ1) is 15.1. The molecule has 2 aliphatic heterocycles. The predicted molar refractivity (Wildman–Crippen MR) is 122 cm³/mol. The zero-order valence-corrected chi connectivity index (χ0v) is 19.2. The molecule has 0 aromatic heterocycles. The minimum absolute atomic E-state index is 0.00202. The Labute approximate surface area is 189 Å². The van der Waals surface area contributed by atoms with Gasteiger partial charge in [-0.15, -0.1) is 11.8 Å². The third-order valence-electron chi connectivity index (χ3n) is 7.04. The fraction of sp³-hybridized carbons (Fsp3) is 0.667. The summed E-state index contributed by atoms with van der Waals surface area (Å²) >= 11 is 1.55. The van der Waals surface area contributed by atoms with Crippen molar-refractivity contribution in [1.29, 1.82) is 0 Å². The molecule has 1 amide bonds. The monoisotopic (exact) mass is 446 g/mol. The summed E-state index contributed by atoms with van der Waals surface area (Å²) in [6, 6.07) is 5.84. The van der Waals surface area contributed by atoms with Crippen LogP contribution in [0.25, 0.3) is 0 Å². The van der Waals surface area contributed by atoms with Gasteiger partial charge in [0.1, 0.15) is 17.6 Å². The third-order valence-corrected chi connectivity index (χ3v) is 8.27. The van der Waals surface area contributed by atoms with E-state index in [1.807, 2.05) is 6.07 Å². The number of unbranched alkanes of at least 4 members (excludes halogenated alkanes) is 1. The largest absolute Gasteiger partial charge is 0.497 e. The fourth-order valence-electron chi connectivity index (χ4n) is 5.31. The average molecular weight is 447 g/mol. The maximum atomic E-state index is 13.0. The first-order valence-electron chi connectivity index (χ1n) is 11.6. The van der Waals surface area contributed by atoms with Gasteiger partial charge in [0, 0.05) is 18.8 Å². The molecule has 170 valence electrons. The minimum atomic E-state index is -0.441. The highest BCUT2D eigenvalue weighted by Crippen LogP contribution is 2.33. The van der Waals surface area contributed by atoms with Crippen molar-refractivity contribution in [3.8, 4) is 5.75 Å². The molecular weight excluding hydrogens is 412 g/mol. The number of nitrogens with one attached hydrogen (secondary N) is 1. The van der Waals surface area contributed by atoms with E-state index in [1.165, 1.54) is 11.1 Å². The maximum Gasteiger partial charge on any atom is 0.241 e. The van der Waals surface area contributed by atoms with Crippen LogP contribution >= 0.6 is 11.8 Å². The number of hydrogen-bond donors (Lipinski definition) is 2. The van der Waals surface area contributed by atoms with E-state index in [4.69, 9.17) is 4.74 Å². The number of rotatable bonds is 9. The lowest BCUT2D eigenvalue weighted by molar-refractivity contribution is -0.136. The first-order valence-corrected chi connectivity index (χ1v) is 12.6. The zero-order chi connectivity index (χ0) is 21.8. The standard InChI is InChI=1S/C24H34N2O4S/c1-30-20-9-8-17-11-16(12-18(17)13-20)5-2-3-7-21(28)23-22(25-15-31-23)24(29)26-10-4-6-19(26)14-27/h8-9,13,16,19,22-23,25,27H,2-7,10-12,14-15H2,1H3/t16?,19-,22+,23?/m0/s1. The van der Waals surface area contributed by atoms with E-state index in [2.05, 4.69) is 17.4 Å². The number of carbonyl (C=O) groups is 2. The summed E-state index contributed by atoms with van der Waals surface area (Å²) in [4.78, 5) is 27.6. The number of hydrogen-bond acceptors (Lipinski definition) is 6. The summed E-state index contributed by atoms with van der Waals surface area (Å²) in [5, 5.41) is 12.5. The van der Waals surface area contributed by atoms with Gasteiger partial charge in [-0.2, -0.15) is 0 Å². The zero-order valence-electron chi connectivity index (χ0n) is 18.3. The van der Waals surface area contributed by atoms with Crippen LogP contribution in [0, 0.1) is 5.92 Å². The number of carbonyl (C=O) groups excluding carboxylic acids is 2. The molecule has 31 heavy (non-hydrogen) atoms. The van der Waals surface area contributed by atoms with E-state index >= 15 is 0 Å². The van der Waals surface area contributed by atoms with Crippen molar-refractivity contribution in [3.63, 3.8) is 0 Å². The van der Waals surface area contributed by atoms with Crippen LogP contribution in [0.2, 0.25) is 0 Å². The van der Waals surface area contributed by atoms with Gasteiger partial charge >= 0.3 is 0 Å². The van der Waals surface area contributed by atoms with Crippen molar-refractivity contribution >= 4 is 23.5 Å². The average Bonchev–Trinajstić information content (AvgIpc) is 3.53. The molecule has 4 rings (SSSR count). The van der Waals surface area contributed by atoms with Crippen LogP contribution < -0.4 is 10.1 Å². The molecule has 3 aliphatic rings. The van der Waals surface area contributed by atoms with Gasteiger partial charge in [0.25, 0.3) is 0 Å². The van der Waals surface area contributed by atoms with E-state index in [1.54, 1.807) is 23.8 Å². The van der Waals surface area contributed by atoms with Gasteiger partial charge in [-0.1, -0.05) is 12.5 Å². The van der Waals surface area contributed by atoms with Gasteiger partial charge in [0.2, 0.25) is 5.91 Å². The number of Topliss-reactive ketones (excluding diaryl/α,β-unsaturated/α-hetero) is 1. The Morgan fingerprint density at radius 1 is 1.26 bits per heavy atom. The van der Waals surface area contributed by atoms with E-state index in [0.29, 0.717) is 24.8 Å². The van der Waals surface area contributed by atoms with E-state index in [9.17, 15) is 14.7 Å². The van der Waals surface area contributed by atoms with E-state index < -0.39 is 6.04 Å². The molecule has 0 spiro atoms. The molecule has 4 atom stereocenters. The quantitative estimate of drug-likeness (QED) is 0.568. The maximum absolute atomic E-state index is 13.0. The minimum Gasteiger partial charge on any atom is -0.497 e. The van der Waals surface area contributed by atoms with Gasteiger partial charge in [-0.25, -0.2) is 0 Å². The Bertz CT molecular complexity index is 802. The summed E-state index contributed by atoms with van der Waals surface area (Å²) in [5.41, 5.74) is 2.83. The molecule has 1 aromatic carbocycles. The summed E-state index contributed by atoms with van der Waals surface area (Å²) < 4.78 is 5.33. The number of thioether (sulfide) groups is 1. The van der Waals surface area contributed by atoms with Crippen LogP contribution in [-0.2, 0) is 22.4 Å². The topological polar surface area (TPSA) is 78.9 Å². The molecule has 0 radical (unpaired) electrons. The number of methoxy groups -OCH3 is 1. The highest BCUT2D eigenvalue weighted by atomic mass is 32.2. The molecule has 7 heteroatoms. The van der Waals surface area contributed by atoms with Crippen molar-refractivity contribution < 1.29 is 19.4 Å². The molecule has 0 bridgehead atoms. The van der Waals surface area contributed by atoms with Crippen LogP contribution in [0.1, 0.15) is 49.7 Å². The van der Waals surface area contributed by atoms with Gasteiger partial charge in [-0.05, 0) is 67.7 Å². The van der Waals surface area contributed by atoms with Gasteiger partial charge in [0.15, 0.2) is 0 Å². The SMILES string of the molecule is COc1ccc2c(c1)CC(CCCCC(=O)C1SCN[C@H]1C(=O)N1CCC[C@H]1CO)C2. The molecule has 0 saturated carbocycles. The summed E-state index contributed by atoms with van der Waals surface area (Å²) in [5.74, 6) is 2.39. The highest BCUT2D eigenvalue weighted by Gasteiger charge is 2.42. The van der Waals surface area contributed by atoms with E-state index in [0.717, 1.165) is 50.7 Å². The molecule has 2 saturated heterocycles.